The fourth-order valence-electron chi connectivity index (χ4n) is 2.98. The summed E-state index contributed by atoms with van der Waals surface area (Å²) in [7, 11) is 0. The molecule has 0 amide bonds. The van der Waals surface area contributed by atoms with Crippen molar-refractivity contribution < 1.29 is 22.3 Å². The summed E-state index contributed by atoms with van der Waals surface area (Å²) in [6.45, 7) is 3.69. The maximum atomic E-state index is 14.7. The zero-order chi connectivity index (χ0) is 21.7. The van der Waals surface area contributed by atoms with Crippen molar-refractivity contribution in [1.82, 2.24) is 9.97 Å². The van der Waals surface area contributed by atoms with E-state index < -0.39 is 34.4 Å². The molecule has 30 heavy (non-hydrogen) atoms. The lowest BCUT2D eigenvalue weighted by molar-refractivity contribution is 0.314. The summed E-state index contributed by atoms with van der Waals surface area (Å²) >= 11 is 0. The average Bonchev–Trinajstić information content (AvgIpc) is 2.75. The molecule has 0 spiro atoms. The smallest absolute Gasteiger partial charge is 0.201 e. The lowest BCUT2D eigenvalue weighted by Crippen LogP contribution is -2.01. The van der Waals surface area contributed by atoms with Crippen molar-refractivity contribution in [1.29, 1.82) is 0 Å². The number of hydrogen-bond donors (Lipinski definition) is 0. The Morgan fingerprint density at radius 2 is 1.40 bits per heavy atom. The van der Waals surface area contributed by atoms with Gasteiger partial charge in [0.15, 0.2) is 29.0 Å². The number of aryl methyl sites for hydroxylation is 1. The summed E-state index contributed by atoms with van der Waals surface area (Å²) in [4.78, 5) is 8.21. The summed E-state index contributed by atoms with van der Waals surface area (Å²) in [6, 6.07) is 4.75. The van der Waals surface area contributed by atoms with Crippen LogP contribution in [0.5, 0.6) is 5.75 Å². The molecule has 0 N–H and O–H groups in total. The summed E-state index contributed by atoms with van der Waals surface area (Å²) < 4.78 is 62.9. The molecule has 3 aromatic rings. The first-order valence-electron chi connectivity index (χ1n) is 9.49. The van der Waals surface area contributed by atoms with Gasteiger partial charge >= 0.3 is 0 Å². The molecule has 0 fully saturated rings. The lowest BCUT2D eigenvalue weighted by atomic mass is 10.0. The Morgan fingerprint density at radius 1 is 0.833 bits per heavy atom. The van der Waals surface area contributed by atoms with Crippen LogP contribution < -0.4 is 4.74 Å². The van der Waals surface area contributed by atoms with E-state index in [2.05, 4.69) is 9.97 Å². The van der Waals surface area contributed by atoms with Crippen LogP contribution >= 0.6 is 0 Å². The third-order valence-corrected chi connectivity index (χ3v) is 4.50. The van der Waals surface area contributed by atoms with Gasteiger partial charge in [0.1, 0.15) is 0 Å². The van der Waals surface area contributed by atoms with Crippen LogP contribution in [0.1, 0.15) is 25.8 Å². The molecule has 0 atom stereocenters. The molecule has 156 valence electrons. The minimum Gasteiger partial charge on any atom is -0.491 e. The Kier molecular flexibility index (Phi) is 6.82. The van der Waals surface area contributed by atoms with E-state index in [0.29, 0.717) is 0 Å². The summed E-state index contributed by atoms with van der Waals surface area (Å²) in [5, 5.41) is 0. The molecule has 1 aromatic heterocycles. The van der Waals surface area contributed by atoms with Gasteiger partial charge in [-0.3, -0.25) is 0 Å². The molecule has 0 unspecified atom stereocenters. The Labute approximate surface area is 172 Å². The Balaban J connectivity index is 1.94. The van der Waals surface area contributed by atoms with Gasteiger partial charge in [-0.1, -0.05) is 18.2 Å². The van der Waals surface area contributed by atoms with E-state index in [-0.39, 0.29) is 23.7 Å². The maximum absolute atomic E-state index is 14.7. The molecule has 0 saturated heterocycles. The van der Waals surface area contributed by atoms with Crippen molar-refractivity contribution in [3.63, 3.8) is 0 Å². The number of nitrogens with zero attached hydrogens (tertiary/aromatic N) is 2. The van der Waals surface area contributed by atoms with E-state index in [1.807, 2.05) is 19.1 Å². The molecular formula is C23H20F4N2O. The predicted molar refractivity (Wildman–Crippen MR) is 107 cm³/mol. The van der Waals surface area contributed by atoms with Crippen LogP contribution in [0.4, 0.5) is 17.6 Å². The largest absolute Gasteiger partial charge is 0.491 e. The van der Waals surface area contributed by atoms with Crippen molar-refractivity contribution in [3.05, 3.63) is 77.6 Å². The molecule has 2 aromatic carbocycles. The third-order valence-electron chi connectivity index (χ3n) is 4.50. The minimum absolute atomic E-state index is 0.00563. The van der Waals surface area contributed by atoms with Crippen molar-refractivity contribution in [2.24, 2.45) is 0 Å². The van der Waals surface area contributed by atoms with E-state index in [1.54, 1.807) is 19.3 Å². The van der Waals surface area contributed by atoms with Crippen LogP contribution in [-0.4, -0.2) is 16.6 Å². The highest BCUT2D eigenvalue weighted by Gasteiger charge is 2.22. The van der Waals surface area contributed by atoms with E-state index in [0.717, 1.165) is 24.5 Å². The molecule has 1 heterocycles. The zero-order valence-corrected chi connectivity index (χ0v) is 16.6. The lowest BCUT2D eigenvalue weighted by Gasteiger charge is -2.11. The Bertz CT molecular complexity index is 1070. The zero-order valence-electron chi connectivity index (χ0n) is 16.6. The first kappa shape index (κ1) is 21.5. The highest BCUT2D eigenvalue weighted by atomic mass is 19.2. The number of hydrogen-bond acceptors (Lipinski definition) is 3. The van der Waals surface area contributed by atoms with Gasteiger partial charge in [0.2, 0.25) is 5.82 Å². The fourth-order valence-corrected chi connectivity index (χ4v) is 2.98. The molecule has 0 aliphatic rings. The number of aromatic nitrogens is 2. The van der Waals surface area contributed by atoms with Gasteiger partial charge in [-0.05, 0) is 50.5 Å². The first-order valence-corrected chi connectivity index (χ1v) is 9.49. The number of benzene rings is 2. The summed E-state index contributed by atoms with van der Waals surface area (Å²) in [5.41, 5.74) is -0.109. The maximum Gasteiger partial charge on any atom is 0.201 e. The van der Waals surface area contributed by atoms with Gasteiger partial charge in [0, 0.05) is 23.5 Å². The Morgan fingerprint density at radius 3 is 2.03 bits per heavy atom. The molecule has 0 aliphatic heterocycles. The predicted octanol–water partition coefficient (Wildman–Crippen LogP) is 6.27. The minimum atomic E-state index is -1.31. The highest BCUT2D eigenvalue weighted by Crippen LogP contribution is 2.34. The number of allylic oxidation sites excluding steroid dienone is 2. The number of rotatable bonds is 7. The van der Waals surface area contributed by atoms with Gasteiger partial charge in [-0.2, -0.15) is 4.39 Å². The van der Waals surface area contributed by atoms with Crippen molar-refractivity contribution >= 4 is 0 Å². The monoisotopic (exact) mass is 416 g/mol. The molecule has 3 rings (SSSR count). The van der Waals surface area contributed by atoms with Crippen molar-refractivity contribution in [3.8, 4) is 28.3 Å². The van der Waals surface area contributed by atoms with E-state index in [9.17, 15) is 17.6 Å². The number of ether oxygens (including phenoxy) is 1. The second-order valence-corrected chi connectivity index (χ2v) is 6.48. The van der Waals surface area contributed by atoms with Gasteiger partial charge in [0.25, 0.3) is 0 Å². The SMILES string of the molecule is C/C=C/CCc1cnc(-c2ccc(-c3ccc(OCC)c(F)c3F)c(F)c2F)nc1. The van der Waals surface area contributed by atoms with Crippen LogP contribution in [0, 0.1) is 23.3 Å². The molecule has 7 heteroatoms. The van der Waals surface area contributed by atoms with Crippen molar-refractivity contribution in [2.45, 2.75) is 26.7 Å². The molecule has 0 aliphatic carbocycles. The molecule has 0 saturated carbocycles. The second-order valence-electron chi connectivity index (χ2n) is 6.48. The summed E-state index contributed by atoms with van der Waals surface area (Å²) in [6.07, 6.45) is 8.60. The first-order chi connectivity index (χ1) is 14.5. The summed E-state index contributed by atoms with van der Waals surface area (Å²) in [5.74, 6) is -5.40. The molecular weight excluding hydrogens is 396 g/mol. The quantitative estimate of drug-likeness (QED) is 0.336. The highest BCUT2D eigenvalue weighted by molar-refractivity contribution is 5.70. The van der Waals surface area contributed by atoms with Crippen LogP contribution in [0.15, 0.2) is 48.8 Å². The topological polar surface area (TPSA) is 35.0 Å². The second kappa shape index (κ2) is 9.52. The fraction of sp³-hybridized carbons (Fsp3) is 0.217. The molecule has 0 bridgehead atoms. The van der Waals surface area contributed by atoms with Gasteiger partial charge in [-0.25, -0.2) is 23.1 Å². The van der Waals surface area contributed by atoms with Gasteiger partial charge in [-0.15, -0.1) is 0 Å². The van der Waals surface area contributed by atoms with Crippen molar-refractivity contribution in [2.75, 3.05) is 6.61 Å². The van der Waals surface area contributed by atoms with Crippen LogP contribution in [-0.2, 0) is 6.42 Å². The van der Waals surface area contributed by atoms with E-state index in [4.69, 9.17) is 4.74 Å². The number of halogens is 4. The van der Waals surface area contributed by atoms with Crippen LogP contribution in [0.25, 0.3) is 22.5 Å². The van der Waals surface area contributed by atoms with Crippen LogP contribution in [0.2, 0.25) is 0 Å². The van der Waals surface area contributed by atoms with E-state index in [1.165, 1.54) is 18.2 Å². The van der Waals surface area contributed by atoms with Crippen LogP contribution in [0.3, 0.4) is 0 Å². The normalized spacial score (nSPS) is 11.3. The molecule has 3 nitrogen and oxygen atoms in total. The molecule has 0 radical (unpaired) electrons. The van der Waals surface area contributed by atoms with Gasteiger partial charge in [0.05, 0.1) is 12.2 Å². The Hall–Kier alpha value is -3.22. The average molecular weight is 416 g/mol. The third kappa shape index (κ3) is 4.35. The standard InChI is InChI=1S/C23H20F4N2O/c1-3-5-6-7-14-12-28-23(29-13-14)17-9-8-15(19(24)21(17)26)16-10-11-18(30-4-2)22(27)20(16)25/h3,5,8-13H,4,6-7H2,1-2H3/b5-3+. The van der Waals surface area contributed by atoms with Gasteiger partial charge < -0.3 is 4.74 Å². The van der Waals surface area contributed by atoms with E-state index >= 15 is 0 Å².